The minimum Gasteiger partial charge on any atom is -0.343 e. The van der Waals surface area contributed by atoms with E-state index in [1.54, 1.807) is 12.1 Å². The van der Waals surface area contributed by atoms with E-state index in [1.165, 1.54) is 29.7 Å². The molecule has 0 radical (unpaired) electrons. The van der Waals surface area contributed by atoms with E-state index >= 15 is 0 Å². The molecule has 2 aromatic carbocycles. The number of aromatic nitrogens is 2. The van der Waals surface area contributed by atoms with Crippen LogP contribution in [-0.2, 0) is 0 Å². The number of hydrogen-bond donors (Lipinski definition) is 1. The molecule has 2 heterocycles. The Morgan fingerprint density at radius 3 is 2.28 bits per heavy atom. The van der Waals surface area contributed by atoms with E-state index in [-0.39, 0.29) is 23.2 Å². The SMILES string of the molecule is O=C(NC(CN1CCCC1)c1ccccc1)c1ccc(=O)n(-c2ccccc2)n1. The number of amides is 1. The van der Waals surface area contributed by atoms with Gasteiger partial charge < -0.3 is 10.2 Å². The summed E-state index contributed by atoms with van der Waals surface area (Å²) in [6.07, 6.45) is 2.39. The Labute approximate surface area is 169 Å². The standard InChI is InChI=1S/C23H24N4O2/c28-22-14-13-20(25-27(22)19-11-5-2-6-12-19)23(29)24-21(17-26-15-7-8-16-26)18-9-3-1-4-10-18/h1-6,9-14,21H,7-8,15-17H2,(H,24,29). The van der Waals surface area contributed by atoms with Crippen molar-refractivity contribution in [1.29, 1.82) is 0 Å². The van der Waals surface area contributed by atoms with Gasteiger partial charge in [0.1, 0.15) is 5.69 Å². The smallest absolute Gasteiger partial charge is 0.272 e. The molecule has 3 aromatic rings. The van der Waals surface area contributed by atoms with Crippen LogP contribution in [0.15, 0.2) is 77.6 Å². The van der Waals surface area contributed by atoms with Crippen LogP contribution in [0.25, 0.3) is 5.69 Å². The summed E-state index contributed by atoms with van der Waals surface area (Å²) in [5, 5.41) is 7.42. The highest BCUT2D eigenvalue weighted by Crippen LogP contribution is 2.18. The Balaban J connectivity index is 1.58. The third-order valence-corrected chi connectivity index (χ3v) is 5.18. The molecule has 0 bridgehead atoms. The van der Waals surface area contributed by atoms with E-state index in [4.69, 9.17) is 0 Å². The van der Waals surface area contributed by atoms with Crippen LogP contribution in [0.3, 0.4) is 0 Å². The van der Waals surface area contributed by atoms with Crippen molar-refractivity contribution in [3.63, 3.8) is 0 Å². The zero-order valence-electron chi connectivity index (χ0n) is 16.2. The van der Waals surface area contributed by atoms with E-state index in [1.807, 2.05) is 48.5 Å². The van der Waals surface area contributed by atoms with Crippen molar-refractivity contribution >= 4 is 5.91 Å². The molecule has 1 saturated heterocycles. The molecule has 1 atom stereocenters. The van der Waals surface area contributed by atoms with Gasteiger partial charge >= 0.3 is 0 Å². The molecule has 4 rings (SSSR count). The molecule has 6 heteroatoms. The molecule has 0 aliphatic carbocycles. The van der Waals surface area contributed by atoms with Crippen LogP contribution in [0.1, 0.15) is 34.9 Å². The maximum Gasteiger partial charge on any atom is 0.272 e. The molecule has 6 nitrogen and oxygen atoms in total. The molecule has 1 aliphatic rings. The van der Waals surface area contributed by atoms with Crippen molar-refractivity contribution in [3.05, 3.63) is 94.4 Å². The average Bonchev–Trinajstić information content (AvgIpc) is 3.28. The molecule has 1 N–H and O–H groups in total. The highest BCUT2D eigenvalue weighted by Gasteiger charge is 2.22. The van der Waals surface area contributed by atoms with Crippen LogP contribution < -0.4 is 10.9 Å². The maximum atomic E-state index is 13.0. The Bertz CT molecular complexity index is 1010. The quantitative estimate of drug-likeness (QED) is 0.705. The van der Waals surface area contributed by atoms with Gasteiger partial charge in [0.15, 0.2) is 0 Å². The largest absolute Gasteiger partial charge is 0.343 e. The van der Waals surface area contributed by atoms with E-state index in [0.717, 1.165) is 25.2 Å². The zero-order valence-corrected chi connectivity index (χ0v) is 16.2. The molecule has 29 heavy (non-hydrogen) atoms. The van der Waals surface area contributed by atoms with Gasteiger partial charge in [0.25, 0.3) is 11.5 Å². The molecule has 0 spiro atoms. The summed E-state index contributed by atoms with van der Waals surface area (Å²) >= 11 is 0. The van der Waals surface area contributed by atoms with E-state index in [2.05, 4.69) is 15.3 Å². The number of carbonyl (C=O) groups is 1. The van der Waals surface area contributed by atoms with E-state index < -0.39 is 0 Å². The first kappa shape index (κ1) is 19.1. The summed E-state index contributed by atoms with van der Waals surface area (Å²) < 4.78 is 1.26. The first-order valence-electron chi connectivity index (χ1n) is 9.95. The Morgan fingerprint density at radius 1 is 0.931 bits per heavy atom. The fraction of sp³-hybridized carbons (Fsp3) is 0.261. The third kappa shape index (κ3) is 4.60. The molecule has 1 aliphatic heterocycles. The summed E-state index contributed by atoms with van der Waals surface area (Å²) in [5.41, 5.74) is 1.63. The molecule has 1 unspecified atom stereocenters. The summed E-state index contributed by atoms with van der Waals surface area (Å²) in [7, 11) is 0. The van der Waals surface area contributed by atoms with Gasteiger partial charge in [0.05, 0.1) is 11.7 Å². The van der Waals surface area contributed by atoms with Gasteiger partial charge in [-0.1, -0.05) is 48.5 Å². The summed E-state index contributed by atoms with van der Waals surface area (Å²) in [4.78, 5) is 27.6. The van der Waals surface area contributed by atoms with Crippen molar-refractivity contribution in [2.24, 2.45) is 0 Å². The molecule has 1 fully saturated rings. The molecule has 1 amide bonds. The van der Waals surface area contributed by atoms with Gasteiger partial charge in [-0.15, -0.1) is 0 Å². The normalized spacial score (nSPS) is 15.2. The minimum absolute atomic E-state index is 0.138. The predicted molar refractivity (Wildman–Crippen MR) is 112 cm³/mol. The second-order valence-electron chi connectivity index (χ2n) is 7.25. The minimum atomic E-state index is -0.289. The fourth-order valence-electron chi connectivity index (χ4n) is 3.66. The maximum absolute atomic E-state index is 13.0. The first-order chi connectivity index (χ1) is 14.2. The number of benzene rings is 2. The van der Waals surface area contributed by atoms with Crippen molar-refractivity contribution in [2.75, 3.05) is 19.6 Å². The van der Waals surface area contributed by atoms with Crippen molar-refractivity contribution in [1.82, 2.24) is 20.0 Å². The topological polar surface area (TPSA) is 67.2 Å². The highest BCUT2D eigenvalue weighted by atomic mass is 16.2. The van der Waals surface area contributed by atoms with Gasteiger partial charge in [0, 0.05) is 12.6 Å². The lowest BCUT2D eigenvalue weighted by atomic mass is 10.1. The monoisotopic (exact) mass is 388 g/mol. The summed E-state index contributed by atoms with van der Waals surface area (Å²) in [6, 6.07) is 21.8. The third-order valence-electron chi connectivity index (χ3n) is 5.18. The van der Waals surface area contributed by atoms with E-state index in [0.29, 0.717) is 5.69 Å². The number of hydrogen-bond acceptors (Lipinski definition) is 4. The van der Waals surface area contributed by atoms with Gasteiger partial charge in [-0.2, -0.15) is 9.78 Å². The van der Waals surface area contributed by atoms with Crippen molar-refractivity contribution in [3.8, 4) is 5.69 Å². The number of rotatable bonds is 6. The first-order valence-corrected chi connectivity index (χ1v) is 9.95. The Hall–Kier alpha value is -3.25. The van der Waals surface area contributed by atoms with Crippen LogP contribution in [-0.4, -0.2) is 40.2 Å². The zero-order chi connectivity index (χ0) is 20.1. The second-order valence-corrected chi connectivity index (χ2v) is 7.25. The predicted octanol–water partition coefficient (Wildman–Crippen LogP) is 2.80. The van der Waals surface area contributed by atoms with Crippen molar-refractivity contribution < 1.29 is 4.79 Å². The summed E-state index contributed by atoms with van der Waals surface area (Å²) in [6.45, 7) is 2.86. The van der Waals surface area contributed by atoms with Crippen LogP contribution in [0, 0.1) is 0 Å². The lowest BCUT2D eigenvalue weighted by Crippen LogP contribution is -2.38. The van der Waals surface area contributed by atoms with Gasteiger partial charge in [-0.3, -0.25) is 9.59 Å². The van der Waals surface area contributed by atoms with Crippen LogP contribution in [0.5, 0.6) is 0 Å². The van der Waals surface area contributed by atoms with Gasteiger partial charge in [-0.25, -0.2) is 0 Å². The molecule has 0 saturated carbocycles. The number of para-hydroxylation sites is 1. The number of likely N-dealkylation sites (tertiary alicyclic amines) is 1. The Kier molecular flexibility index (Phi) is 5.81. The van der Waals surface area contributed by atoms with Crippen LogP contribution in [0.2, 0.25) is 0 Å². The summed E-state index contributed by atoms with van der Waals surface area (Å²) in [5.74, 6) is -0.289. The number of nitrogens with one attached hydrogen (secondary N) is 1. The van der Waals surface area contributed by atoms with Crippen LogP contribution in [0.4, 0.5) is 0 Å². The Morgan fingerprint density at radius 2 is 1.59 bits per heavy atom. The highest BCUT2D eigenvalue weighted by molar-refractivity contribution is 5.92. The van der Waals surface area contributed by atoms with E-state index in [9.17, 15) is 9.59 Å². The molecule has 148 valence electrons. The lowest BCUT2D eigenvalue weighted by molar-refractivity contribution is 0.0920. The lowest BCUT2D eigenvalue weighted by Gasteiger charge is -2.25. The van der Waals surface area contributed by atoms with Gasteiger partial charge in [-0.05, 0) is 49.7 Å². The number of nitrogens with zero attached hydrogens (tertiary/aromatic N) is 3. The van der Waals surface area contributed by atoms with Crippen molar-refractivity contribution in [2.45, 2.75) is 18.9 Å². The number of carbonyl (C=O) groups excluding carboxylic acids is 1. The fourth-order valence-corrected chi connectivity index (χ4v) is 3.66. The van der Waals surface area contributed by atoms with Gasteiger partial charge in [0.2, 0.25) is 0 Å². The average molecular weight is 388 g/mol. The molecular weight excluding hydrogens is 364 g/mol. The molecule has 1 aromatic heterocycles. The second kappa shape index (κ2) is 8.84. The van der Waals surface area contributed by atoms with Crippen LogP contribution >= 0.6 is 0 Å². The molecular formula is C23H24N4O2.